The van der Waals surface area contributed by atoms with E-state index in [1.807, 2.05) is 18.4 Å². The van der Waals surface area contributed by atoms with Crippen molar-refractivity contribution >= 4 is 32.9 Å². The molecule has 1 atom stereocenters. The lowest BCUT2D eigenvalue weighted by Gasteiger charge is -2.24. The molecule has 1 fully saturated rings. The molecule has 0 saturated carbocycles. The summed E-state index contributed by atoms with van der Waals surface area (Å²) in [7, 11) is 0. The molecule has 0 aliphatic carbocycles. The Kier molecular flexibility index (Phi) is 3.99. The molecule has 1 aliphatic heterocycles. The van der Waals surface area contributed by atoms with Gasteiger partial charge in [-0.05, 0) is 49.0 Å². The maximum atomic E-state index is 5.98. The summed E-state index contributed by atoms with van der Waals surface area (Å²) in [5.41, 5.74) is 7.17. The fourth-order valence-corrected chi connectivity index (χ4v) is 2.97. The van der Waals surface area contributed by atoms with Crippen LogP contribution in [0.2, 0.25) is 0 Å². The van der Waals surface area contributed by atoms with Gasteiger partial charge in [-0.2, -0.15) is 9.97 Å². The van der Waals surface area contributed by atoms with Crippen molar-refractivity contribution in [3.8, 4) is 6.01 Å². The summed E-state index contributed by atoms with van der Waals surface area (Å²) < 4.78 is 13.9. The minimum atomic E-state index is -0.0840. The summed E-state index contributed by atoms with van der Waals surface area (Å²) in [4.78, 5) is 13.0. The highest BCUT2D eigenvalue weighted by atomic mass is 79.9. The maximum absolute atomic E-state index is 5.98. The van der Waals surface area contributed by atoms with Crippen LogP contribution in [0.15, 0.2) is 4.73 Å². The number of anilines is 1. The van der Waals surface area contributed by atoms with Crippen LogP contribution in [0.1, 0.15) is 39.3 Å². The number of hydrogen-bond donors (Lipinski definition) is 1. The number of aromatic nitrogens is 4. The van der Waals surface area contributed by atoms with E-state index in [-0.39, 0.29) is 18.3 Å². The van der Waals surface area contributed by atoms with Crippen molar-refractivity contribution in [2.45, 2.75) is 45.4 Å². The van der Waals surface area contributed by atoms with Gasteiger partial charge in [0.1, 0.15) is 6.23 Å². The Morgan fingerprint density at radius 2 is 2.14 bits per heavy atom. The lowest BCUT2D eigenvalue weighted by molar-refractivity contribution is -0.0311. The quantitative estimate of drug-likeness (QED) is 0.851. The number of ether oxygens (including phenoxy) is 2. The first-order valence-corrected chi connectivity index (χ1v) is 7.84. The van der Waals surface area contributed by atoms with E-state index in [9.17, 15) is 0 Å². The number of nitrogen functional groups attached to an aromatic ring is 1. The summed E-state index contributed by atoms with van der Waals surface area (Å²) in [6.07, 6.45) is 3.02. The van der Waals surface area contributed by atoms with Gasteiger partial charge in [-0.25, -0.2) is 4.98 Å². The lowest BCUT2D eigenvalue weighted by Crippen LogP contribution is -2.19. The van der Waals surface area contributed by atoms with E-state index >= 15 is 0 Å². The van der Waals surface area contributed by atoms with Gasteiger partial charge in [-0.1, -0.05) is 0 Å². The lowest BCUT2D eigenvalue weighted by atomic mass is 10.2. The van der Waals surface area contributed by atoms with Gasteiger partial charge in [0.15, 0.2) is 21.7 Å². The summed E-state index contributed by atoms with van der Waals surface area (Å²) in [5, 5.41) is 0. The van der Waals surface area contributed by atoms with Crippen LogP contribution in [0.25, 0.3) is 11.2 Å². The zero-order chi connectivity index (χ0) is 15.0. The van der Waals surface area contributed by atoms with Gasteiger partial charge in [-0.3, -0.25) is 4.57 Å². The molecule has 7 nitrogen and oxygen atoms in total. The number of imidazole rings is 1. The molecular formula is C13H18BrN5O2. The fourth-order valence-electron chi connectivity index (χ4n) is 2.39. The average molecular weight is 356 g/mol. The number of rotatable bonds is 3. The molecule has 0 aromatic carbocycles. The van der Waals surface area contributed by atoms with Crippen LogP contribution in [0.4, 0.5) is 5.82 Å². The predicted molar refractivity (Wildman–Crippen MR) is 82.0 cm³/mol. The molecule has 21 heavy (non-hydrogen) atoms. The molecule has 0 bridgehead atoms. The topological polar surface area (TPSA) is 88.1 Å². The Morgan fingerprint density at radius 3 is 2.81 bits per heavy atom. The number of halogens is 1. The third kappa shape index (κ3) is 2.82. The van der Waals surface area contributed by atoms with Gasteiger partial charge in [0, 0.05) is 6.61 Å². The van der Waals surface area contributed by atoms with E-state index in [1.54, 1.807) is 0 Å². The Bertz CT molecular complexity index is 652. The molecule has 3 heterocycles. The molecule has 0 spiro atoms. The molecule has 3 rings (SSSR count). The number of fused-ring (bicyclic) bond motifs is 1. The van der Waals surface area contributed by atoms with Crippen molar-refractivity contribution in [1.82, 2.24) is 19.5 Å². The first kappa shape index (κ1) is 14.5. The van der Waals surface area contributed by atoms with E-state index in [4.69, 9.17) is 15.2 Å². The van der Waals surface area contributed by atoms with Gasteiger partial charge in [0.2, 0.25) is 0 Å². The highest BCUT2D eigenvalue weighted by Gasteiger charge is 2.24. The van der Waals surface area contributed by atoms with Crippen LogP contribution in [0.5, 0.6) is 6.01 Å². The summed E-state index contributed by atoms with van der Waals surface area (Å²) in [6.45, 7) is 4.58. The van der Waals surface area contributed by atoms with Crippen LogP contribution in [0.3, 0.4) is 0 Å². The fraction of sp³-hybridized carbons (Fsp3) is 0.615. The van der Waals surface area contributed by atoms with Crippen molar-refractivity contribution in [2.24, 2.45) is 0 Å². The normalized spacial score (nSPS) is 19.3. The van der Waals surface area contributed by atoms with Crippen LogP contribution in [-0.4, -0.2) is 32.2 Å². The number of nitrogens with zero attached hydrogens (tertiary/aromatic N) is 4. The van der Waals surface area contributed by atoms with E-state index < -0.39 is 0 Å². The van der Waals surface area contributed by atoms with E-state index in [2.05, 4.69) is 30.9 Å². The smallest absolute Gasteiger partial charge is 0.320 e. The molecule has 1 saturated heterocycles. The summed E-state index contributed by atoms with van der Waals surface area (Å²) >= 11 is 3.46. The Morgan fingerprint density at radius 1 is 1.33 bits per heavy atom. The van der Waals surface area contributed by atoms with Crippen LogP contribution in [-0.2, 0) is 4.74 Å². The standard InChI is InChI=1S/C13H18BrN5O2/c1-7(2)21-13-17-10(15)9-11(18-13)19(12(14)16-9)8-5-3-4-6-20-8/h7-8H,3-6H2,1-2H3,(H2,15,17,18). The minimum absolute atomic E-state index is 0.0207. The molecular weight excluding hydrogens is 338 g/mol. The highest BCUT2D eigenvalue weighted by molar-refractivity contribution is 9.10. The molecule has 114 valence electrons. The third-order valence-electron chi connectivity index (χ3n) is 3.29. The molecule has 8 heteroatoms. The molecule has 1 unspecified atom stereocenters. The molecule has 1 aliphatic rings. The van der Waals surface area contributed by atoms with Crippen molar-refractivity contribution in [3.63, 3.8) is 0 Å². The number of nitrogens with two attached hydrogens (primary N) is 1. The predicted octanol–water partition coefficient (Wildman–Crippen LogP) is 2.66. The van der Waals surface area contributed by atoms with E-state index in [0.717, 1.165) is 25.9 Å². The monoisotopic (exact) mass is 355 g/mol. The average Bonchev–Trinajstić information content (AvgIpc) is 2.76. The summed E-state index contributed by atoms with van der Waals surface area (Å²) in [6, 6.07) is 0.263. The largest absolute Gasteiger partial charge is 0.461 e. The second-order valence-electron chi connectivity index (χ2n) is 5.30. The van der Waals surface area contributed by atoms with Crippen molar-refractivity contribution in [1.29, 1.82) is 0 Å². The SMILES string of the molecule is CC(C)Oc1nc(N)c2nc(Br)n(C3CCCCO3)c2n1. The van der Waals surface area contributed by atoms with Crippen molar-refractivity contribution in [3.05, 3.63) is 4.73 Å². The van der Waals surface area contributed by atoms with E-state index in [0.29, 0.717) is 21.7 Å². The Balaban J connectivity index is 2.09. The molecule has 2 aromatic heterocycles. The maximum Gasteiger partial charge on any atom is 0.320 e. The Hall–Kier alpha value is -1.41. The number of hydrogen-bond acceptors (Lipinski definition) is 6. The van der Waals surface area contributed by atoms with Gasteiger partial charge in [-0.15, -0.1) is 0 Å². The van der Waals surface area contributed by atoms with Gasteiger partial charge < -0.3 is 15.2 Å². The van der Waals surface area contributed by atoms with Crippen LogP contribution < -0.4 is 10.5 Å². The minimum Gasteiger partial charge on any atom is -0.461 e. The van der Waals surface area contributed by atoms with Gasteiger partial charge in [0.05, 0.1) is 6.10 Å². The van der Waals surface area contributed by atoms with Gasteiger partial charge in [0.25, 0.3) is 0 Å². The van der Waals surface area contributed by atoms with Crippen LogP contribution in [0, 0.1) is 0 Å². The first-order chi connectivity index (χ1) is 10.1. The second-order valence-corrected chi connectivity index (χ2v) is 6.01. The molecule has 0 amide bonds. The zero-order valence-corrected chi connectivity index (χ0v) is 13.6. The third-order valence-corrected chi connectivity index (χ3v) is 3.85. The van der Waals surface area contributed by atoms with E-state index in [1.165, 1.54) is 0 Å². The van der Waals surface area contributed by atoms with Crippen molar-refractivity contribution in [2.75, 3.05) is 12.3 Å². The highest BCUT2D eigenvalue weighted by Crippen LogP contribution is 2.32. The second kappa shape index (κ2) is 5.76. The van der Waals surface area contributed by atoms with Crippen LogP contribution >= 0.6 is 15.9 Å². The zero-order valence-electron chi connectivity index (χ0n) is 12.0. The first-order valence-electron chi connectivity index (χ1n) is 7.05. The van der Waals surface area contributed by atoms with Gasteiger partial charge >= 0.3 is 6.01 Å². The molecule has 2 N–H and O–H groups in total. The Labute approximate surface area is 131 Å². The van der Waals surface area contributed by atoms with Crippen molar-refractivity contribution < 1.29 is 9.47 Å². The summed E-state index contributed by atoms with van der Waals surface area (Å²) in [5.74, 6) is 0.311. The molecule has 2 aromatic rings. The molecule has 0 radical (unpaired) electrons.